The second-order valence-corrected chi connectivity index (χ2v) is 11.6. The highest BCUT2D eigenvalue weighted by molar-refractivity contribution is 6.30. The Morgan fingerprint density at radius 2 is 2.05 bits per heavy atom. The van der Waals surface area contributed by atoms with Crippen LogP contribution in [0.2, 0.25) is 0 Å². The molecule has 3 aliphatic rings. The number of pyridine rings is 1. The van der Waals surface area contributed by atoms with Crippen LogP contribution in [-0.2, 0) is 10.2 Å². The average molecular weight is 521 g/mol. The Hall–Kier alpha value is -2.87. The van der Waals surface area contributed by atoms with Crippen LogP contribution in [0.25, 0.3) is 0 Å². The Bertz CT molecular complexity index is 1220. The predicted octanol–water partition coefficient (Wildman–Crippen LogP) is 5.33. The van der Waals surface area contributed by atoms with E-state index in [-0.39, 0.29) is 23.7 Å². The number of morpholine rings is 1. The summed E-state index contributed by atoms with van der Waals surface area (Å²) in [5.41, 5.74) is 5.20. The molecule has 0 radical (unpaired) electrons. The van der Waals surface area contributed by atoms with Gasteiger partial charge in [-0.25, -0.2) is 4.99 Å². The molecule has 0 amide bonds. The number of aliphatic imine (C=N–C) groups is 1. The molecule has 1 aromatic carbocycles. The van der Waals surface area contributed by atoms with Crippen LogP contribution >= 0.6 is 11.6 Å². The van der Waals surface area contributed by atoms with E-state index < -0.39 is 0 Å². The summed E-state index contributed by atoms with van der Waals surface area (Å²) in [6, 6.07) is 10.6. The normalized spacial score (nSPS) is 24.2. The number of nitrogens with zero attached hydrogens (tertiary/aromatic N) is 4. The van der Waals surface area contributed by atoms with Gasteiger partial charge in [-0.3, -0.25) is 9.88 Å². The van der Waals surface area contributed by atoms with Crippen molar-refractivity contribution < 1.29 is 4.74 Å². The summed E-state index contributed by atoms with van der Waals surface area (Å²) in [4.78, 5) is 14.4. The smallest absolute Gasteiger partial charge is 0.137 e. The highest BCUT2D eigenvalue weighted by atomic mass is 35.5. The number of rotatable bonds is 4. The number of halogens is 1. The summed E-state index contributed by atoms with van der Waals surface area (Å²) in [6.07, 6.45) is 8.02. The molecule has 37 heavy (non-hydrogen) atoms. The summed E-state index contributed by atoms with van der Waals surface area (Å²) in [5.74, 6) is 0.843. The van der Waals surface area contributed by atoms with Crippen molar-refractivity contribution in [2.75, 3.05) is 43.9 Å². The number of amidine groups is 1. The van der Waals surface area contributed by atoms with Crippen LogP contribution in [0.3, 0.4) is 0 Å². The van der Waals surface area contributed by atoms with Crippen molar-refractivity contribution in [1.29, 1.82) is 0 Å². The zero-order valence-corrected chi connectivity index (χ0v) is 23.1. The van der Waals surface area contributed by atoms with Crippen LogP contribution in [0.1, 0.15) is 50.6 Å². The van der Waals surface area contributed by atoms with Crippen LogP contribution in [0.4, 0.5) is 11.4 Å². The first-order chi connectivity index (χ1) is 17.7. The van der Waals surface area contributed by atoms with Crippen LogP contribution < -0.4 is 10.6 Å². The van der Waals surface area contributed by atoms with Crippen LogP contribution in [0, 0.1) is 0 Å². The first-order valence-corrected chi connectivity index (χ1v) is 13.4. The number of nitrogens with one attached hydrogen (secondary N) is 2. The minimum atomic E-state index is -0.0904. The van der Waals surface area contributed by atoms with Crippen molar-refractivity contribution in [2.24, 2.45) is 4.99 Å². The molecule has 4 heterocycles. The number of allylic oxidation sites excluding steroid dienone is 2. The van der Waals surface area contributed by atoms with E-state index in [9.17, 15) is 0 Å². The van der Waals surface area contributed by atoms with Gasteiger partial charge in [0.2, 0.25) is 0 Å². The van der Waals surface area contributed by atoms with Gasteiger partial charge in [-0.05, 0) is 55.1 Å². The monoisotopic (exact) mass is 520 g/mol. The topological polar surface area (TPSA) is 65.0 Å². The quantitative estimate of drug-likeness (QED) is 0.568. The van der Waals surface area contributed by atoms with Gasteiger partial charge in [0.05, 0.1) is 30.6 Å². The number of aromatic nitrogens is 1. The van der Waals surface area contributed by atoms with E-state index in [1.807, 2.05) is 18.3 Å². The lowest BCUT2D eigenvalue weighted by Crippen LogP contribution is -2.46. The molecule has 2 aromatic rings. The third-order valence-electron chi connectivity index (χ3n) is 7.02. The van der Waals surface area contributed by atoms with E-state index >= 15 is 0 Å². The SMILES string of the molecule is C[C@H]1CN(CC2N=C(Nc3ccc(C(C)(C)C)nc3)c3ccc(C4C(Cl)=CC=CN4C)cc3N2)CCO1. The maximum atomic E-state index is 6.63. The molecule has 196 valence electrons. The van der Waals surface area contributed by atoms with E-state index in [2.05, 4.69) is 91.7 Å². The largest absolute Gasteiger partial charge is 0.376 e. The third kappa shape index (κ3) is 5.84. The van der Waals surface area contributed by atoms with Crippen molar-refractivity contribution >= 4 is 28.8 Å². The van der Waals surface area contributed by atoms with Crippen molar-refractivity contribution in [3.05, 3.63) is 76.7 Å². The number of likely N-dealkylation sites (N-methyl/N-ethyl adjacent to an activating group) is 1. The van der Waals surface area contributed by atoms with Gasteiger partial charge in [-0.1, -0.05) is 38.4 Å². The molecule has 2 unspecified atom stereocenters. The van der Waals surface area contributed by atoms with Gasteiger partial charge in [0.1, 0.15) is 12.0 Å². The van der Waals surface area contributed by atoms with E-state index in [0.717, 1.165) is 65.3 Å². The van der Waals surface area contributed by atoms with E-state index in [4.69, 9.17) is 26.3 Å². The zero-order valence-electron chi connectivity index (χ0n) is 22.3. The minimum absolute atomic E-state index is 0.00534. The maximum absolute atomic E-state index is 6.63. The molecule has 8 heteroatoms. The summed E-state index contributed by atoms with van der Waals surface area (Å²) >= 11 is 6.63. The zero-order chi connectivity index (χ0) is 26.2. The van der Waals surface area contributed by atoms with Crippen molar-refractivity contribution in [3.8, 4) is 0 Å². The van der Waals surface area contributed by atoms with Gasteiger partial charge in [-0.15, -0.1) is 0 Å². The molecule has 2 N–H and O–H groups in total. The maximum Gasteiger partial charge on any atom is 0.137 e. The molecule has 0 bridgehead atoms. The van der Waals surface area contributed by atoms with Gasteiger partial charge in [-0.2, -0.15) is 0 Å². The summed E-state index contributed by atoms with van der Waals surface area (Å²) in [7, 11) is 2.05. The number of fused-ring (bicyclic) bond motifs is 1. The van der Waals surface area contributed by atoms with E-state index in [0.29, 0.717) is 0 Å². The van der Waals surface area contributed by atoms with Crippen LogP contribution in [-0.4, -0.2) is 66.2 Å². The number of anilines is 2. The molecule has 3 aliphatic heterocycles. The molecular weight excluding hydrogens is 484 g/mol. The molecule has 3 atom stereocenters. The van der Waals surface area contributed by atoms with Gasteiger partial charge in [0.15, 0.2) is 0 Å². The lowest BCUT2D eigenvalue weighted by atomic mass is 9.92. The summed E-state index contributed by atoms with van der Waals surface area (Å²) in [6.45, 7) is 12.0. The molecule has 1 fully saturated rings. The fourth-order valence-corrected chi connectivity index (χ4v) is 5.42. The Balaban J connectivity index is 1.45. The molecule has 0 aliphatic carbocycles. The van der Waals surface area contributed by atoms with E-state index in [1.54, 1.807) is 0 Å². The Labute approximate surface area is 225 Å². The van der Waals surface area contributed by atoms with Gasteiger partial charge < -0.3 is 20.3 Å². The van der Waals surface area contributed by atoms with Crippen LogP contribution in [0.15, 0.2) is 64.9 Å². The molecule has 7 nitrogen and oxygen atoms in total. The molecule has 0 spiro atoms. The minimum Gasteiger partial charge on any atom is -0.376 e. The molecule has 0 saturated carbocycles. The van der Waals surface area contributed by atoms with Crippen molar-refractivity contribution in [2.45, 2.75) is 51.4 Å². The van der Waals surface area contributed by atoms with Gasteiger partial charge in [0.25, 0.3) is 0 Å². The Kier molecular flexibility index (Phi) is 7.30. The molecule has 1 aromatic heterocycles. The van der Waals surface area contributed by atoms with E-state index in [1.165, 1.54) is 0 Å². The standard InChI is InChI=1S/C29H37ClN6O/c1-19-17-36(13-14-37-19)18-26-33-24-15-20(27-23(30)7-6-12-35(27)5)8-10-22(24)28(34-26)32-21-9-11-25(31-16-21)29(2,3)4/h6-12,15-16,19,26-27,33H,13-14,17-18H2,1-5H3,(H,32,34)/t19-,26?,27?/m0/s1. The third-order valence-corrected chi connectivity index (χ3v) is 7.35. The number of benzene rings is 1. The Morgan fingerprint density at radius 3 is 2.76 bits per heavy atom. The summed E-state index contributed by atoms with van der Waals surface area (Å²) < 4.78 is 5.74. The second-order valence-electron chi connectivity index (χ2n) is 11.2. The van der Waals surface area contributed by atoms with Crippen molar-refractivity contribution in [3.63, 3.8) is 0 Å². The first-order valence-electron chi connectivity index (χ1n) is 13.0. The number of hydrogen-bond donors (Lipinski definition) is 2. The number of ether oxygens (including phenoxy) is 1. The average Bonchev–Trinajstić information content (AvgIpc) is 2.83. The molecular formula is C29H37ClN6O. The summed E-state index contributed by atoms with van der Waals surface area (Å²) in [5, 5.41) is 8.04. The second kappa shape index (κ2) is 10.5. The predicted molar refractivity (Wildman–Crippen MR) is 152 cm³/mol. The fraction of sp³-hybridized carbons (Fsp3) is 0.448. The molecule has 1 saturated heterocycles. The van der Waals surface area contributed by atoms with Crippen LogP contribution in [0.5, 0.6) is 0 Å². The Morgan fingerprint density at radius 1 is 1.22 bits per heavy atom. The lowest BCUT2D eigenvalue weighted by molar-refractivity contribution is -0.0190. The number of hydrogen-bond acceptors (Lipinski definition) is 7. The van der Waals surface area contributed by atoms with Crippen molar-refractivity contribution in [1.82, 2.24) is 14.8 Å². The fourth-order valence-electron chi connectivity index (χ4n) is 5.07. The molecule has 5 rings (SSSR count). The van der Waals surface area contributed by atoms with Gasteiger partial charge >= 0.3 is 0 Å². The van der Waals surface area contributed by atoms with Gasteiger partial charge in [0, 0.05) is 54.1 Å². The lowest BCUT2D eigenvalue weighted by Gasteiger charge is -2.35. The first kappa shape index (κ1) is 25.8. The highest BCUT2D eigenvalue weighted by Gasteiger charge is 2.27. The highest BCUT2D eigenvalue weighted by Crippen LogP contribution is 2.36.